The van der Waals surface area contributed by atoms with Gasteiger partial charge in [-0.25, -0.2) is 4.39 Å². The monoisotopic (exact) mass is 219 g/mol. The third-order valence-electron chi connectivity index (χ3n) is 1.71. The van der Waals surface area contributed by atoms with Gasteiger partial charge in [0.1, 0.15) is 5.82 Å². The molecule has 0 saturated heterocycles. The van der Waals surface area contributed by atoms with E-state index in [0.717, 1.165) is 0 Å². The minimum Gasteiger partial charge on any atom is -0.392 e. The molecular formula is C10H15ClFNO. The number of nitrogens with one attached hydrogen (secondary N) is 1. The standard InChI is InChI=1S/C10H14FNO.ClH/c1-8(13)6-12-7-9-4-2-3-5-10(9)11;/h2-5,8,12-13H,6-7H2,1H3;1H. The van der Waals surface area contributed by atoms with Crippen molar-refractivity contribution < 1.29 is 9.50 Å². The highest BCUT2D eigenvalue weighted by atomic mass is 35.5. The Labute approximate surface area is 89.6 Å². The molecule has 0 radical (unpaired) electrons. The molecule has 0 spiro atoms. The summed E-state index contributed by atoms with van der Waals surface area (Å²) >= 11 is 0. The van der Waals surface area contributed by atoms with E-state index in [1.807, 2.05) is 0 Å². The van der Waals surface area contributed by atoms with Crippen molar-refractivity contribution in [3.63, 3.8) is 0 Å². The Hall–Kier alpha value is -0.640. The SMILES string of the molecule is CC(O)CNCc1ccccc1F.Cl. The van der Waals surface area contributed by atoms with Crippen molar-refractivity contribution in [3.05, 3.63) is 35.6 Å². The molecule has 1 unspecified atom stereocenters. The molecule has 4 heteroatoms. The van der Waals surface area contributed by atoms with E-state index in [1.54, 1.807) is 25.1 Å². The first-order valence-corrected chi connectivity index (χ1v) is 4.32. The van der Waals surface area contributed by atoms with Gasteiger partial charge in [-0.2, -0.15) is 0 Å². The quantitative estimate of drug-likeness (QED) is 0.808. The number of aliphatic hydroxyl groups excluding tert-OH is 1. The molecule has 0 saturated carbocycles. The maximum Gasteiger partial charge on any atom is 0.127 e. The Morgan fingerprint density at radius 1 is 1.43 bits per heavy atom. The predicted molar refractivity (Wildman–Crippen MR) is 57.0 cm³/mol. The number of halogens is 2. The molecular weight excluding hydrogens is 205 g/mol. The van der Waals surface area contributed by atoms with E-state index in [1.165, 1.54) is 6.07 Å². The van der Waals surface area contributed by atoms with Crippen molar-refractivity contribution in [1.82, 2.24) is 5.32 Å². The largest absolute Gasteiger partial charge is 0.392 e. The predicted octanol–water partition coefficient (Wildman–Crippen LogP) is 1.72. The highest BCUT2D eigenvalue weighted by Crippen LogP contribution is 2.05. The van der Waals surface area contributed by atoms with E-state index >= 15 is 0 Å². The Kier molecular flexibility index (Phi) is 6.45. The molecule has 0 fully saturated rings. The normalized spacial score (nSPS) is 11.9. The summed E-state index contributed by atoms with van der Waals surface area (Å²) in [6.45, 7) is 2.63. The number of aliphatic hydroxyl groups is 1. The number of hydrogen-bond acceptors (Lipinski definition) is 2. The second-order valence-electron chi connectivity index (χ2n) is 3.07. The van der Waals surface area contributed by atoms with E-state index in [-0.39, 0.29) is 18.2 Å². The molecule has 1 aromatic carbocycles. The average molecular weight is 220 g/mol. The molecule has 0 aliphatic heterocycles. The van der Waals surface area contributed by atoms with Crippen molar-refractivity contribution >= 4 is 12.4 Å². The zero-order valence-corrected chi connectivity index (χ0v) is 8.85. The molecule has 1 atom stereocenters. The minimum absolute atomic E-state index is 0. The summed E-state index contributed by atoms with van der Waals surface area (Å²) in [5.74, 6) is -0.208. The lowest BCUT2D eigenvalue weighted by Crippen LogP contribution is -2.24. The molecule has 1 aromatic rings. The number of hydrogen-bond donors (Lipinski definition) is 2. The summed E-state index contributed by atoms with van der Waals surface area (Å²) < 4.78 is 13.0. The van der Waals surface area contributed by atoms with Gasteiger partial charge in [0.05, 0.1) is 6.10 Å². The first kappa shape index (κ1) is 13.4. The minimum atomic E-state index is -0.397. The molecule has 2 N–H and O–H groups in total. The highest BCUT2D eigenvalue weighted by molar-refractivity contribution is 5.85. The van der Waals surface area contributed by atoms with Crippen molar-refractivity contribution in [2.45, 2.75) is 19.6 Å². The van der Waals surface area contributed by atoms with Crippen LogP contribution in [0.5, 0.6) is 0 Å². The maximum atomic E-state index is 13.0. The fourth-order valence-corrected chi connectivity index (χ4v) is 1.06. The van der Waals surface area contributed by atoms with Crippen LogP contribution in [0, 0.1) is 5.82 Å². The number of benzene rings is 1. The van der Waals surface area contributed by atoms with Crippen LogP contribution in [0.15, 0.2) is 24.3 Å². The first-order valence-electron chi connectivity index (χ1n) is 4.32. The van der Waals surface area contributed by atoms with Crippen molar-refractivity contribution in [2.24, 2.45) is 0 Å². The smallest absolute Gasteiger partial charge is 0.127 e. The van der Waals surface area contributed by atoms with Crippen LogP contribution in [0.25, 0.3) is 0 Å². The Morgan fingerprint density at radius 3 is 2.64 bits per heavy atom. The van der Waals surface area contributed by atoms with Gasteiger partial charge in [0.2, 0.25) is 0 Å². The Bertz CT molecular complexity index is 268. The fraction of sp³-hybridized carbons (Fsp3) is 0.400. The molecule has 0 amide bonds. The lowest BCUT2D eigenvalue weighted by molar-refractivity contribution is 0.191. The van der Waals surface area contributed by atoms with Crippen LogP contribution < -0.4 is 5.32 Å². The summed E-state index contributed by atoms with van der Waals surface area (Å²) in [5, 5.41) is 11.9. The van der Waals surface area contributed by atoms with Crippen molar-refractivity contribution in [3.8, 4) is 0 Å². The van der Waals surface area contributed by atoms with Crippen LogP contribution in [0.3, 0.4) is 0 Å². The van der Waals surface area contributed by atoms with Crippen LogP contribution >= 0.6 is 12.4 Å². The highest BCUT2D eigenvalue weighted by Gasteiger charge is 2.00. The third kappa shape index (κ3) is 4.56. The van der Waals surface area contributed by atoms with Gasteiger partial charge in [0, 0.05) is 18.7 Å². The summed E-state index contributed by atoms with van der Waals surface area (Å²) in [6, 6.07) is 6.61. The topological polar surface area (TPSA) is 32.3 Å². The molecule has 14 heavy (non-hydrogen) atoms. The van der Waals surface area contributed by atoms with Crippen molar-refractivity contribution in [2.75, 3.05) is 6.54 Å². The summed E-state index contributed by atoms with van der Waals surface area (Å²) in [7, 11) is 0. The van der Waals surface area contributed by atoms with Gasteiger partial charge in [-0.15, -0.1) is 12.4 Å². The van der Waals surface area contributed by atoms with Gasteiger partial charge in [0.25, 0.3) is 0 Å². The molecule has 0 aromatic heterocycles. The van der Waals surface area contributed by atoms with Gasteiger partial charge in [0.15, 0.2) is 0 Å². The molecule has 1 rings (SSSR count). The van der Waals surface area contributed by atoms with E-state index < -0.39 is 6.10 Å². The van der Waals surface area contributed by atoms with Crippen LogP contribution in [0.1, 0.15) is 12.5 Å². The molecule has 80 valence electrons. The van der Waals surface area contributed by atoms with Crippen LogP contribution in [0.2, 0.25) is 0 Å². The van der Waals surface area contributed by atoms with Gasteiger partial charge in [-0.1, -0.05) is 18.2 Å². The third-order valence-corrected chi connectivity index (χ3v) is 1.71. The zero-order valence-electron chi connectivity index (χ0n) is 8.03. The van der Waals surface area contributed by atoms with Crippen LogP contribution in [0.4, 0.5) is 4.39 Å². The number of rotatable bonds is 4. The zero-order chi connectivity index (χ0) is 9.68. The maximum absolute atomic E-state index is 13.0. The van der Waals surface area contributed by atoms with E-state index in [2.05, 4.69) is 5.32 Å². The molecule has 0 heterocycles. The molecule has 0 aliphatic carbocycles. The summed E-state index contributed by atoms with van der Waals surface area (Å²) in [5.41, 5.74) is 0.628. The first-order chi connectivity index (χ1) is 6.20. The van der Waals surface area contributed by atoms with Gasteiger partial charge < -0.3 is 10.4 Å². The lowest BCUT2D eigenvalue weighted by Gasteiger charge is -2.07. The fourth-order valence-electron chi connectivity index (χ4n) is 1.06. The summed E-state index contributed by atoms with van der Waals surface area (Å²) in [6.07, 6.45) is -0.397. The van der Waals surface area contributed by atoms with E-state index in [4.69, 9.17) is 5.11 Å². The summed E-state index contributed by atoms with van der Waals surface area (Å²) in [4.78, 5) is 0. The van der Waals surface area contributed by atoms with Gasteiger partial charge in [-0.3, -0.25) is 0 Å². The van der Waals surface area contributed by atoms with Crippen molar-refractivity contribution in [1.29, 1.82) is 0 Å². The molecule has 2 nitrogen and oxygen atoms in total. The second-order valence-corrected chi connectivity index (χ2v) is 3.07. The van der Waals surface area contributed by atoms with Gasteiger partial charge in [-0.05, 0) is 13.0 Å². The Balaban J connectivity index is 0.00000169. The van der Waals surface area contributed by atoms with E-state index in [9.17, 15) is 4.39 Å². The van der Waals surface area contributed by atoms with E-state index in [0.29, 0.717) is 18.7 Å². The van der Waals surface area contributed by atoms with Crippen LogP contribution in [-0.2, 0) is 6.54 Å². The van der Waals surface area contributed by atoms with Gasteiger partial charge >= 0.3 is 0 Å². The molecule has 0 bridgehead atoms. The molecule has 0 aliphatic rings. The lowest BCUT2D eigenvalue weighted by atomic mass is 10.2. The Morgan fingerprint density at radius 2 is 2.07 bits per heavy atom. The van der Waals surface area contributed by atoms with Crippen LogP contribution in [-0.4, -0.2) is 17.8 Å². The second kappa shape index (κ2) is 6.76. The average Bonchev–Trinajstić information content (AvgIpc) is 2.08.